The molecule has 166 valence electrons. The molecule has 4 rings (SSSR count). The average Bonchev–Trinajstić information content (AvgIpc) is 3.18. The SMILES string of the molecule is C=CC(=O)N1CCC[C@@H](Cc2cc(CN3CCOCC3)cc(Nc3ncc(C)s3)n2)C1. The lowest BCUT2D eigenvalue weighted by molar-refractivity contribution is -0.127. The zero-order valence-corrected chi connectivity index (χ0v) is 19.0. The van der Waals surface area contributed by atoms with Gasteiger partial charge in [0.25, 0.3) is 0 Å². The van der Waals surface area contributed by atoms with Crippen molar-refractivity contribution >= 4 is 28.2 Å². The number of hydrogen-bond acceptors (Lipinski definition) is 7. The van der Waals surface area contributed by atoms with Crippen molar-refractivity contribution in [1.29, 1.82) is 0 Å². The normalized spacial score (nSPS) is 19.9. The molecule has 0 saturated carbocycles. The molecule has 2 aromatic rings. The fraction of sp³-hybridized carbons (Fsp3) is 0.522. The molecule has 31 heavy (non-hydrogen) atoms. The van der Waals surface area contributed by atoms with Gasteiger partial charge in [0.05, 0.1) is 13.2 Å². The van der Waals surface area contributed by atoms with Gasteiger partial charge in [-0.25, -0.2) is 9.97 Å². The highest BCUT2D eigenvalue weighted by molar-refractivity contribution is 7.15. The van der Waals surface area contributed by atoms with Crippen LogP contribution in [0.2, 0.25) is 0 Å². The van der Waals surface area contributed by atoms with Crippen LogP contribution in [-0.2, 0) is 22.5 Å². The van der Waals surface area contributed by atoms with Gasteiger partial charge in [-0.15, -0.1) is 11.3 Å². The van der Waals surface area contributed by atoms with Gasteiger partial charge in [-0.05, 0) is 55.9 Å². The van der Waals surface area contributed by atoms with Crippen LogP contribution in [0.25, 0.3) is 0 Å². The molecule has 2 aliphatic rings. The summed E-state index contributed by atoms with van der Waals surface area (Å²) >= 11 is 1.63. The lowest BCUT2D eigenvalue weighted by Crippen LogP contribution is -2.39. The number of likely N-dealkylation sites (tertiary alicyclic amines) is 1. The number of amides is 1. The highest BCUT2D eigenvalue weighted by Gasteiger charge is 2.23. The maximum absolute atomic E-state index is 12.1. The van der Waals surface area contributed by atoms with E-state index >= 15 is 0 Å². The van der Waals surface area contributed by atoms with Gasteiger partial charge in [0.15, 0.2) is 5.13 Å². The standard InChI is InChI=1S/C23H31N5O2S/c1-3-22(29)28-6-4-5-18(16-28)11-20-12-19(15-27-7-9-30-10-8-27)13-21(25-20)26-23-24-14-17(2)31-23/h3,12-14,18H,1,4-11,15-16H2,2H3,(H,24,25,26)/t18-/m0/s1. The molecule has 7 nitrogen and oxygen atoms in total. The molecule has 0 aliphatic carbocycles. The van der Waals surface area contributed by atoms with Gasteiger partial charge >= 0.3 is 0 Å². The Labute approximate surface area is 188 Å². The molecule has 1 atom stereocenters. The Hall–Kier alpha value is -2.29. The quantitative estimate of drug-likeness (QED) is 0.664. The Morgan fingerprint density at radius 3 is 2.94 bits per heavy atom. The number of carbonyl (C=O) groups is 1. The third-order valence-corrected chi connectivity index (χ3v) is 6.64. The number of aryl methyl sites for hydroxylation is 1. The van der Waals surface area contributed by atoms with Crippen LogP contribution in [0.15, 0.2) is 31.0 Å². The summed E-state index contributed by atoms with van der Waals surface area (Å²) in [6.45, 7) is 11.6. The Morgan fingerprint density at radius 1 is 1.35 bits per heavy atom. The van der Waals surface area contributed by atoms with E-state index in [0.29, 0.717) is 5.92 Å². The summed E-state index contributed by atoms with van der Waals surface area (Å²) in [4.78, 5) is 26.9. The molecule has 0 aromatic carbocycles. The predicted octanol–water partition coefficient (Wildman–Crippen LogP) is 3.39. The summed E-state index contributed by atoms with van der Waals surface area (Å²) in [6.07, 6.45) is 6.30. The van der Waals surface area contributed by atoms with Crippen LogP contribution in [0.3, 0.4) is 0 Å². The van der Waals surface area contributed by atoms with E-state index in [9.17, 15) is 4.79 Å². The first kappa shape index (κ1) is 21.9. The van der Waals surface area contributed by atoms with Crippen molar-refractivity contribution < 1.29 is 9.53 Å². The van der Waals surface area contributed by atoms with Crippen molar-refractivity contribution in [3.63, 3.8) is 0 Å². The Balaban J connectivity index is 1.51. The van der Waals surface area contributed by atoms with Crippen molar-refractivity contribution in [3.05, 3.63) is 47.1 Å². The second-order valence-electron chi connectivity index (χ2n) is 8.34. The number of thiazole rings is 1. The van der Waals surface area contributed by atoms with Crippen LogP contribution < -0.4 is 5.32 Å². The van der Waals surface area contributed by atoms with Gasteiger partial charge in [-0.2, -0.15) is 0 Å². The molecule has 2 fully saturated rings. The molecule has 8 heteroatoms. The number of carbonyl (C=O) groups excluding carboxylic acids is 1. The minimum Gasteiger partial charge on any atom is -0.379 e. The lowest BCUT2D eigenvalue weighted by atomic mass is 9.92. The van der Waals surface area contributed by atoms with Gasteiger partial charge < -0.3 is 15.0 Å². The van der Waals surface area contributed by atoms with Crippen LogP contribution in [0.4, 0.5) is 10.9 Å². The first-order valence-electron chi connectivity index (χ1n) is 11.0. The van der Waals surface area contributed by atoms with Crippen LogP contribution in [0, 0.1) is 12.8 Å². The summed E-state index contributed by atoms with van der Waals surface area (Å²) in [5.74, 6) is 1.28. The van der Waals surface area contributed by atoms with E-state index in [1.54, 1.807) is 11.3 Å². The summed E-state index contributed by atoms with van der Waals surface area (Å²) in [5.41, 5.74) is 2.32. The van der Waals surface area contributed by atoms with Gasteiger partial charge in [0.1, 0.15) is 5.82 Å². The molecular weight excluding hydrogens is 410 g/mol. The Kier molecular flexibility index (Phi) is 7.32. The van der Waals surface area contributed by atoms with Gasteiger partial charge in [0, 0.05) is 49.5 Å². The topological polar surface area (TPSA) is 70.6 Å². The number of nitrogens with zero attached hydrogens (tertiary/aromatic N) is 4. The summed E-state index contributed by atoms with van der Waals surface area (Å²) < 4.78 is 5.49. The molecule has 1 amide bonds. The van der Waals surface area contributed by atoms with Crippen LogP contribution in [0.1, 0.15) is 29.0 Å². The van der Waals surface area contributed by atoms with E-state index in [1.807, 2.05) is 11.1 Å². The van der Waals surface area contributed by atoms with Gasteiger partial charge in [0.2, 0.25) is 5.91 Å². The van der Waals surface area contributed by atoms with Gasteiger partial charge in [-0.3, -0.25) is 9.69 Å². The van der Waals surface area contributed by atoms with Crippen molar-refractivity contribution in [2.45, 2.75) is 32.7 Å². The summed E-state index contributed by atoms with van der Waals surface area (Å²) in [7, 11) is 0. The maximum Gasteiger partial charge on any atom is 0.245 e. The molecule has 2 saturated heterocycles. The molecule has 0 radical (unpaired) electrons. The molecule has 2 aromatic heterocycles. The monoisotopic (exact) mass is 441 g/mol. The molecule has 2 aliphatic heterocycles. The third kappa shape index (κ3) is 6.12. The average molecular weight is 442 g/mol. The van der Waals surface area contributed by atoms with Crippen molar-refractivity contribution in [2.75, 3.05) is 44.7 Å². The number of morpholine rings is 1. The Bertz CT molecular complexity index is 909. The molecule has 0 unspecified atom stereocenters. The first-order chi connectivity index (χ1) is 15.1. The molecular formula is C23H31N5O2S. The van der Waals surface area contributed by atoms with E-state index in [2.05, 4.69) is 40.8 Å². The fourth-order valence-electron chi connectivity index (χ4n) is 4.31. The highest BCUT2D eigenvalue weighted by Crippen LogP contribution is 2.25. The number of aromatic nitrogens is 2. The van der Waals surface area contributed by atoms with E-state index in [1.165, 1.54) is 16.5 Å². The summed E-state index contributed by atoms with van der Waals surface area (Å²) in [6, 6.07) is 4.35. The van der Waals surface area contributed by atoms with E-state index < -0.39 is 0 Å². The van der Waals surface area contributed by atoms with Crippen molar-refractivity contribution in [2.24, 2.45) is 5.92 Å². The number of pyridine rings is 1. The largest absolute Gasteiger partial charge is 0.379 e. The minimum atomic E-state index is 0.0280. The summed E-state index contributed by atoms with van der Waals surface area (Å²) in [5, 5.41) is 4.25. The third-order valence-electron chi connectivity index (χ3n) is 5.81. The number of hydrogen-bond donors (Lipinski definition) is 1. The number of piperidine rings is 1. The van der Waals surface area contributed by atoms with E-state index in [4.69, 9.17) is 9.72 Å². The number of ether oxygens (including phenoxy) is 1. The molecule has 4 heterocycles. The fourth-order valence-corrected chi connectivity index (χ4v) is 4.98. The second-order valence-corrected chi connectivity index (χ2v) is 9.58. The van der Waals surface area contributed by atoms with Gasteiger partial charge in [-0.1, -0.05) is 6.58 Å². The molecule has 1 N–H and O–H groups in total. The second kappa shape index (κ2) is 10.3. The lowest BCUT2D eigenvalue weighted by Gasteiger charge is -2.32. The molecule has 0 bridgehead atoms. The predicted molar refractivity (Wildman–Crippen MR) is 124 cm³/mol. The molecule has 0 spiro atoms. The number of nitrogens with one attached hydrogen (secondary N) is 1. The number of anilines is 2. The zero-order valence-electron chi connectivity index (χ0n) is 18.2. The van der Waals surface area contributed by atoms with Crippen molar-refractivity contribution in [1.82, 2.24) is 19.8 Å². The smallest absolute Gasteiger partial charge is 0.245 e. The van der Waals surface area contributed by atoms with Crippen LogP contribution >= 0.6 is 11.3 Å². The van der Waals surface area contributed by atoms with Crippen LogP contribution in [-0.4, -0.2) is 65.1 Å². The first-order valence-corrected chi connectivity index (χ1v) is 11.8. The van der Waals surface area contributed by atoms with E-state index in [-0.39, 0.29) is 5.91 Å². The van der Waals surface area contributed by atoms with Crippen LogP contribution in [0.5, 0.6) is 0 Å². The van der Waals surface area contributed by atoms with E-state index in [0.717, 1.165) is 81.8 Å². The highest BCUT2D eigenvalue weighted by atomic mass is 32.1. The van der Waals surface area contributed by atoms with Crippen molar-refractivity contribution in [3.8, 4) is 0 Å². The Morgan fingerprint density at radius 2 is 2.19 bits per heavy atom. The minimum absolute atomic E-state index is 0.0280. The number of rotatable bonds is 7. The zero-order chi connectivity index (χ0) is 21.6. The maximum atomic E-state index is 12.1.